The summed E-state index contributed by atoms with van der Waals surface area (Å²) in [5, 5.41) is 3.08. The number of nitrogens with zero attached hydrogens (tertiary/aromatic N) is 2. The van der Waals surface area contributed by atoms with Crippen LogP contribution in [0.2, 0.25) is 0 Å². The molecule has 0 fully saturated rings. The summed E-state index contributed by atoms with van der Waals surface area (Å²) in [5.41, 5.74) is 6.74. The van der Waals surface area contributed by atoms with Crippen LogP contribution in [0.4, 0.5) is 0 Å². The van der Waals surface area contributed by atoms with E-state index in [0.717, 1.165) is 22.3 Å². The van der Waals surface area contributed by atoms with Crippen LogP contribution in [-0.2, 0) is 0 Å². The molecule has 50 heavy (non-hydrogen) atoms. The number of furan rings is 1. The molecule has 10 rings (SSSR count). The van der Waals surface area contributed by atoms with Crippen LogP contribution in [0, 0.1) is 0 Å². The number of rotatable bonds is 5. The number of fused-ring (bicyclic) bond motifs is 6. The summed E-state index contributed by atoms with van der Waals surface area (Å²) >= 11 is 1.80. The van der Waals surface area contributed by atoms with Crippen LogP contribution in [0.3, 0.4) is 0 Å². The van der Waals surface area contributed by atoms with Crippen molar-refractivity contribution in [2.45, 2.75) is 0 Å². The highest BCUT2D eigenvalue weighted by Crippen LogP contribution is 2.41. The zero-order chi connectivity index (χ0) is 40.9. The van der Waals surface area contributed by atoms with E-state index in [9.17, 15) is 0 Å². The van der Waals surface area contributed by atoms with Crippen LogP contribution in [-0.4, -0.2) is 9.97 Å². The Labute approximate surface area is 305 Å². The Morgan fingerprint density at radius 3 is 2.00 bits per heavy atom. The summed E-state index contributed by atoms with van der Waals surface area (Å²) in [7, 11) is 0. The van der Waals surface area contributed by atoms with Crippen molar-refractivity contribution in [2.24, 2.45) is 0 Å². The molecule has 0 radical (unpaired) electrons. The molecule has 3 aromatic heterocycles. The maximum Gasteiger partial charge on any atom is 0.180 e. The molecule has 10 aromatic rings. The first-order valence-electron chi connectivity index (χ1n) is 20.5. The van der Waals surface area contributed by atoms with Crippen molar-refractivity contribution in [1.82, 2.24) is 9.97 Å². The highest BCUT2D eigenvalue weighted by molar-refractivity contribution is 7.26. The van der Waals surface area contributed by atoms with Gasteiger partial charge in [0.25, 0.3) is 0 Å². The van der Waals surface area contributed by atoms with Gasteiger partial charge >= 0.3 is 0 Å². The number of benzene rings is 7. The molecule has 0 aliphatic rings. The largest absolute Gasteiger partial charge is 0.452 e. The van der Waals surface area contributed by atoms with Crippen molar-refractivity contribution in [3.05, 3.63) is 170 Å². The minimum absolute atomic E-state index is 0.0137. The Kier molecular flexibility index (Phi) is 4.87. The van der Waals surface area contributed by atoms with E-state index < -0.39 is 54.4 Å². The first kappa shape index (κ1) is 20.9. The van der Waals surface area contributed by atoms with Gasteiger partial charge in [0, 0.05) is 31.1 Å². The van der Waals surface area contributed by atoms with Crippen LogP contribution in [0.1, 0.15) is 12.3 Å². The van der Waals surface area contributed by atoms with Gasteiger partial charge < -0.3 is 4.42 Å². The molecule has 7 aromatic carbocycles. The molecule has 0 N–H and O–H groups in total. The predicted octanol–water partition coefficient (Wildman–Crippen LogP) is 13.1. The highest BCUT2D eigenvalue weighted by Gasteiger charge is 2.17. The Hall–Kier alpha value is -6.36. The van der Waals surface area contributed by atoms with Gasteiger partial charge in [0.15, 0.2) is 5.58 Å². The molecule has 3 nitrogen and oxygen atoms in total. The molecule has 0 atom stereocenters. The maximum absolute atomic E-state index is 8.95. The van der Waals surface area contributed by atoms with Gasteiger partial charge in [-0.3, -0.25) is 0 Å². The summed E-state index contributed by atoms with van der Waals surface area (Å²) in [6, 6.07) is 31.6. The zero-order valence-electron chi connectivity index (χ0n) is 35.2. The first-order chi connectivity index (χ1) is 28.5. The molecule has 0 aliphatic carbocycles. The van der Waals surface area contributed by atoms with E-state index in [-0.39, 0.29) is 16.7 Å². The number of aromatic nitrogens is 2. The lowest BCUT2D eigenvalue weighted by Crippen LogP contribution is -1.88. The van der Waals surface area contributed by atoms with Crippen LogP contribution in [0.15, 0.2) is 174 Å². The van der Waals surface area contributed by atoms with Gasteiger partial charge in [-0.2, -0.15) is 0 Å². The third-order valence-electron chi connectivity index (χ3n) is 8.96. The van der Waals surface area contributed by atoms with Gasteiger partial charge in [0.05, 0.1) is 12.3 Å². The van der Waals surface area contributed by atoms with Gasteiger partial charge in [-0.25, -0.2) is 9.97 Å². The van der Waals surface area contributed by atoms with E-state index in [1.165, 1.54) is 32.1 Å². The highest BCUT2D eigenvalue weighted by atomic mass is 32.1. The van der Waals surface area contributed by atoms with Crippen LogP contribution < -0.4 is 0 Å². The summed E-state index contributed by atoms with van der Waals surface area (Å²) < 4.78 is 85.4. The van der Waals surface area contributed by atoms with Crippen molar-refractivity contribution in [1.29, 1.82) is 0 Å². The fourth-order valence-electron chi connectivity index (χ4n) is 6.58. The van der Waals surface area contributed by atoms with E-state index in [1.807, 2.05) is 12.1 Å². The van der Waals surface area contributed by atoms with Gasteiger partial charge in [-0.1, -0.05) is 133 Å². The lowest BCUT2D eigenvalue weighted by molar-refractivity contribution is 0.667. The molecule has 0 saturated carbocycles. The summed E-state index contributed by atoms with van der Waals surface area (Å²) in [6.07, 6.45) is 1.46. The van der Waals surface area contributed by atoms with Crippen molar-refractivity contribution in [2.75, 3.05) is 0 Å². The average Bonchev–Trinajstić information content (AvgIpc) is 3.84. The Balaban J connectivity index is 1.05. The van der Waals surface area contributed by atoms with E-state index >= 15 is 0 Å². The first-order valence-corrected chi connectivity index (χ1v) is 16.8. The second-order valence-corrected chi connectivity index (χ2v) is 13.0. The maximum atomic E-state index is 8.95. The number of hydrogen-bond donors (Lipinski definition) is 0. The van der Waals surface area contributed by atoms with Gasteiger partial charge in [-0.15, -0.1) is 11.3 Å². The molecule has 0 bridgehead atoms. The quantitative estimate of drug-likeness (QED) is 0.184. The standard InChI is InChI=1S/C46H28N2OS/c1-2-9-29(10-3-1)30-19-21-31(22-20-30)34-23-24-41-40(27-34)44-45(49-41)43(47-28-48-44)36-14-7-12-33(26-36)32-11-6-13-35(25-32)37-16-8-17-39-38-15-4-5-18-42(38)50-46(37)39/h1-28H/i1D,2D,3D,9D,10D,19D,20D,21D,22D. The molecule has 234 valence electrons. The normalized spacial score (nSPS) is 14.1. The molecule has 4 heteroatoms. The SMILES string of the molecule is [2H]c1c([2H])c([2H])c(-c2c([2H])c([2H])c(-c3ccc4oc5c(-c6cccc(-c7cccc(-c8cccc9c8sc8ccccc89)c7)c6)ncnc5c4c3)c([2H])c2[2H])c([2H])c1[2H]. The van der Waals surface area contributed by atoms with Crippen LogP contribution in [0.5, 0.6) is 0 Å². The smallest absolute Gasteiger partial charge is 0.180 e. The number of hydrogen-bond acceptors (Lipinski definition) is 4. The van der Waals surface area contributed by atoms with Crippen molar-refractivity contribution >= 4 is 53.6 Å². The van der Waals surface area contributed by atoms with Crippen LogP contribution >= 0.6 is 11.3 Å². The average molecular weight is 666 g/mol. The van der Waals surface area contributed by atoms with Crippen LogP contribution in [0.25, 0.3) is 98.0 Å². The predicted molar refractivity (Wildman–Crippen MR) is 209 cm³/mol. The lowest BCUT2D eigenvalue weighted by Gasteiger charge is -2.09. The molecular formula is C46H28N2OS. The summed E-state index contributed by atoms with van der Waals surface area (Å²) in [6.45, 7) is 0. The third-order valence-corrected chi connectivity index (χ3v) is 10.2. The van der Waals surface area contributed by atoms with Crippen molar-refractivity contribution < 1.29 is 16.8 Å². The molecule has 0 amide bonds. The molecule has 0 saturated heterocycles. The molecular weight excluding hydrogens is 629 g/mol. The molecule has 0 aliphatic heterocycles. The third kappa shape index (κ3) is 4.80. The van der Waals surface area contributed by atoms with E-state index in [1.54, 1.807) is 29.5 Å². The van der Waals surface area contributed by atoms with E-state index in [0.29, 0.717) is 33.3 Å². The fraction of sp³-hybridized carbons (Fsp3) is 0. The zero-order valence-corrected chi connectivity index (χ0v) is 27.0. The molecule has 0 unspecified atom stereocenters. The van der Waals surface area contributed by atoms with Crippen molar-refractivity contribution in [3.8, 4) is 55.8 Å². The van der Waals surface area contributed by atoms with E-state index in [2.05, 4.69) is 88.8 Å². The lowest BCUT2D eigenvalue weighted by atomic mass is 9.96. The molecule has 3 heterocycles. The minimum atomic E-state index is -0.627. The fourth-order valence-corrected chi connectivity index (χ4v) is 7.82. The summed E-state index contributed by atoms with van der Waals surface area (Å²) in [4.78, 5) is 9.22. The monoisotopic (exact) mass is 665 g/mol. The molecule has 0 spiro atoms. The van der Waals surface area contributed by atoms with Gasteiger partial charge in [-0.05, 0) is 74.8 Å². The van der Waals surface area contributed by atoms with Gasteiger partial charge in [0.2, 0.25) is 0 Å². The Morgan fingerprint density at radius 1 is 0.500 bits per heavy atom. The van der Waals surface area contributed by atoms with Gasteiger partial charge in [0.1, 0.15) is 23.1 Å². The topological polar surface area (TPSA) is 38.9 Å². The Bertz CT molecular complexity index is 3360. The van der Waals surface area contributed by atoms with Crippen molar-refractivity contribution in [3.63, 3.8) is 0 Å². The number of thiophene rings is 1. The Morgan fingerprint density at radius 2 is 1.16 bits per heavy atom. The minimum Gasteiger partial charge on any atom is -0.452 e. The summed E-state index contributed by atoms with van der Waals surface area (Å²) in [5.74, 6) is 0. The van der Waals surface area contributed by atoms with E-state index in [4.69, 9.17) is 16.8 Å². The second kappa shape index (κ2) is 11.7. The second-order valence-electron chi connectivity index (χ2n) is 11.9.